The van der Waals surface area contributed by atoms with Crippen LogP contribution in [-0.4, -0.2) is 26.4 Å². The Hall–Kier alpha value is -2.21. The van der Waals surface area contributed by atoms with Gasteiger partial charge >= 0.3 is 0 Å². The van der Waals surface area contributed by atoms with Gasteiger partial charge < -0.3 is 0 Å². The van der Waals surface area contributed by atoms with Gasteiger partial charge in [0, 0.05) is 18.8 Å². The summed E-state index contributed by atoms with van der Waals surface area (Å²) < 4.78 is 25.4. The molecule has 1 aromatic carbocycles. The van der Waals surface area contributed by atoms with Crippen LogP contribution < -0.4 is 4.90 Å². The Labute approximate surface area is 116 Å². The number of pyridine rings is 1. The number of aromatic nitrogens is 1. The summed E-state index contributed by atoms with van der Waals surface area (Å²) in [7, 11) is -2.23. The number of sulfone groups is 1. The molecule has 1 aliphatic rings. The minimum Gasteiger partial charge on any atom is -0.298 e. The van der Waals surface area contributed by atoms with Crippen LogP contribution in [0.3, 0.4) is 0 Å². The number of rotatable bonds is 2. The van der Waals surface area contributed by atoms with Crippen molar-refractivity contribution in [2.24, 2.45) is 0 Å². The van der Waals surface area contributed by atoms with E-state index in [2.05, 4.69) is 4.98 Å². The number of carbonyl (C=O) groups is 1. The van der Waals surface area contributed by atoms with Gasteiger partial charge in [0.25, 0.3) is 5.91 Å². The molecule has 1 atom stereocenters. The molecule has 0 bridgehead atoms. The Morgan fingerprint density at radius 2 is 1.80 bits per heavy atom. The minimum atomic E-state index is -3.77. The molecular formula is C14H12N2O3S. The van der Waals surface area contributed by atoms with E-state index < -0.39 is 21.0 Å². The predicted molar refractivity (Wildman–Crippen MR) is 74.0 cm³/mol. The Balaban J connectivity index is 2.19. The smallest absolute Gasteiger partial charge is 0.251 e. The summed E-state index contributed by atoms with van der Waals surface area (Å²) in [5.41, 5.74) is 0.434. The van der Waals surface area contributed by atoms with Gasteiger partial charge in [-0.3, -0.25) is 9.69 Å². The second-order valence-electron chi connectivity index (χ2n) is 4.55. The molecule has 1 aliphatic heterocycles. The standard InChI is InChI=1S/C14H12N2O3S/c1-16-13-11(8-5-9-15-13)12(14(16)17)20(18,19)10-6-3-2-4-7-10/h2-9,12H,1H3. The molecule has 1 amide bonds. The van der Waals surface area contributed by atoms with Gasteiger partial charge in [0.1, 0.15) is 5.82 Å². The Morgan fingerprint density at radius 1 is 1.10 bits per heavy atom. The van der Waals surface area contributed by atoms with E-state index in [0.717, 1.165) is 0 Å². The average Bonchev–Trinajstić information content (AvgIpc) is 2.73. The predicted octanol–water partition coefficient (Wildman–Crippen LogP) is 1.57. The highest BCUT2D eigenvalue weighted by Gasteiger charge is 2.45. The lowest BCUT2D eigenvalue weighted by Crippen LogP contribution is -2.28. The van der Waals surface area contributed by atoms with E-state index in [0.29, 0.717) is 11.4 Å². The van der Waals surface area contributed by atoms with Crippen molar-refractivity contribution < 1.29 is 13.2 Å². The molecule has 1 unspecified atom stereocenters. The normalized spacial score (nSPS) is 18.1. The van der Waals surface area contributed by atoms with Gasteiger partial charge in [-0.25, -0.2) is 13.4 Å². The number of hydrogen-bond acceptors (Lipinski definition) is 4. The van der Waals surface area contributed by atoms with Gasteiger partial charge in [-0.15, -0.1) is 0 Å². The number of hydrogen-bond donors (Lipinski definition) is 0. The summed E-state index contributed by atoms with van der Waals surface area (Å²) in [6.45, 7) is 0. The van der Waals surface area contributed by atoms with E-state index in [9.17, 15) is 13.2 Å². The van der Waals surface area contributed by atoms with Crippen LogP contribution in [0.2, 0.25) is 0 Å². The summed E-state index contributed by atoms with van der Waals surface area (Å²) in [5, 5.41) is -1.21. The number of nitrogens with zero attached hydrogens (tertiary/aromatic N) is 2. The van der Waals surface area contributed by atoms with Gasteiger partial charge in [0.15, 0.2) is 15.1 Å². The van der Waals surface area contributed by atoms with Crippen molar-refractivity contribution in [3.63, 3.8) is 0 Å². The van der Waals surface area contributed by atoms with Crippen LogP contribution in [-0.2, 0) is 14.6 Å². The van der Waals surface area contributed by atoms with Crippen LogP contribution in [0.15, 0.2) is 53.6 Å². The third-order valence-electron chi connectivity index (χ3n) is 3.35. The molecule has 0 fully saturated rings. The van der Waals surface area contributed by atoms with Crippen LogP contribution >= 0.6 is 0 Å². The molecule has 2 aromatic rings. The number of carbonyl (C=O) groups excluding carboxylic acids is 1. The van der Waals surface area contributed by atoms with Crippen molar-refractivity contribution in [1.29, 1.82) is 0 Å². The topological polar surface area (TPSA) is 67.3 Å². The molecule has 102 valence electrons. The maximum atomic E-state index is 12.7. The van der Waals surface area contributed by atoms with Gasteiger partial charge in [-0.1, -0.05) is 24.3 Å². The molecule has 0 saturated heterocycles. The van der Waals surface area contributed by atoms with Crippen molar-refractivity contribution >= 4 is 21.6 Å². The van der Waals surface area contributed by atoms with Crippen LogP contribution in [0, 0.1) is 0 Å². The number of anilines is 1. The lowest BCUT2D eigenvalue weighted by molar-refractivity contribution is -0.117. The van der Waals surface area contributed by atoms with Gasteiger partial charge in [-0.05, 0) is 18.2 Å². The highest BCUT2D eigenvalue weighted by Crippen LogP contribution is 2.40. The van der Waals surface area contributed by atoms with Crippen LogP contribution in [0.25, 0.3) is 0 Å². The molecule has 6 heteroatoms. The third-order valence-corrected chi connectivity index (χ3v) is 5.36. The zero-order valence-corrected chi connectivity index (χ0v) is 11.5. The fraction of sp³-hybridized carbons (Fsp3) is 0.143. The SMILES string of the molecule is CN1C(=O)C(S(=O)(=O)c2ccccc2)c2cccnc21. The van der Waals surface area contributed by atoms with Crippen molar-refractivity contribution in [2.45, 2.75) is 10.1 Å². The summed E-state index contributed by atoms with van der Waals surface area (Å²) in [4.78, 5) is 17.8. The molecule has 5 nitrogen and oxygen atoms in total. The second kappa shape index (κ2) is 4.42. The number of amides is 1. The van der Waals surface area contributed by atoms with Crippen molar-refractivity contribution in [3.8, 4) is 0 Å². The lowest BCUT2D eigenvalue weighted by atomic mass is 10.2. The fourth-order valence-electron chi connectivity index (χ4n) is 2.35. The minimum absolute atomic E-state index is 0.142. The lowest BCUT2D eigenvalue weighted by Gasteiger charge is -2.11. The van der Waals surface area contributed by atoms with E-state index in [4.69, 9.17) is 0 Å². The van der Waals surface area contributed by atoms with E-state index in [-0.39, 0.29) is 4.90 Å². The maximum absolute atomic E-state index is 12.7. The first-order valence-corrected chi connectivity index (χ1v) is 7.59. The van der Waals surface area contributed by atoms with Crippen LogP contribution in [0.4, 0.5) is 5.82 Å². The third kappa shape index (κ3) is 1.72. The number of benzene rings is 1. The number of fused-ring (bicyclic) bond motifs is 1. The molecule has 0 radical (unpaired) electrons. The first-order chi connectivity index (χ1) is 9.53. The van der Waals surface area contributed by atoms with Crippen LogP contribution in [0.5, 0.6) is 0 Å². The molecule has 1 aromatic heterocycles. The summed E-state index contributed by atoms with van der Waals surface area (Å²) in [5.74, 6) is -0.0652. The molecule has 0 saturated carbocycles. The Kier molecular flexibility index (Phi) is 2.83. The van der Waals surface area contributed by atoms with Crippen molar-refractivity contribution in [3.05, 3.63) is 54.2 Å². The summed E-state index contributed by atoms with van der Waals surface area (Å²) in [6, 6.07) is 11.3. The van der Waals surface area contributed by atoms with Crippen LogP contribution in [0.1, 0.15) is 10.8 Å². The highest BCUT2D eigenvalue weighted by molar-refractivity contribution is 7.92. The average molecular weight is 288 g/mol. The molecule has 0 aliphatic carbocycles. The molecular weight excluding hydrogens is 276 g/mol. The quantitative estimate of drug-likeness (QED) is 0.841. The monoisotopic (exact) mass is 288 g/mol. The first kappa shape index (κ1) is 12.8. The fourth-order valence-corrected chi connectivity index (χ4v) is 4.10. The van der Waals surface area contributed by atoms with E-state index >= 15 is 0 Å². The first-order valence-electron chi connectivity index (χ1n) is 6.05. The summed E-state index contributed by atoms with van der Waals surface area (Å²) >= 11 is 0. The molecule has 0 spiro atoms. The van der Waals surface area contributed by atoms with Gasteiger partial charge in [0.2, 0.25) is 0 Å². The van der Waals surface area contributed by atoms with Gasteiger partial charge in [-0.2, -0.15) is 0 Å². The van der Waals surface area contributed by atoms with Gasteiger partial charge in [0.05, 0.1) is 4.90 Å². The maximum Gasteiger partial charge on any atom is 0.251 e. The van der Waals surface area contributed by atoms with E-state index in [1.54, 1.807) is 36.5 Å². The number of likely N-dealkylation sites (N-methyl/N-ethyl adjacent to an activating group) is 1. The summed E-state index contributed by atoms with van der Waals surface area (Å²) in [6.07, 6.45) is 1.54. The van der Waals surface area contributed by atoms with E-state index in [1.165, 1.54) is 24.1 Å². The zero-order chi connectivity index (χ0) is 14.3. The van der Waals surface area contributed by atoms with E-state index in [1.807, 2.05) is 0 Å². The molecule has 20 heavy (non-hydrogen) atoms. The van der Waals surface area contributed by atoms with Crippen molar-refractivity contribution in [1.82, 2.24) is 4.98 Å². The zero-order valence-electron chi connectivity index (χ0n) is 10.7. The Morgan fingerprint density at radius 3 is 2.50 bits per heavy atom. The second-order valence-corrected chi connectivity index (χ2v) is 6.58. The molecule has 0 N–H and O–H groups in total. The largest absolute Gasteiger partial charge is 0.298 e. The highest BCUT2D eigenvalue weighted by atomic mass is 32.2. The Bertz CT molecular complexity index is 772. The van der Waals surface area contributed by atoms with Crippen molar-refractivity contribution in [2.75, 3.05) is 11.9 Å². The molecule has 2 heterocycles. The molecule has 3 rings (SSSR count).